The topological polar surface area (TPSA) is 84.6 Å². The van der Waals surface area contributed by atoms with E-state index in [4.69, 9.17) is 4.74 Å². The zero-order chi connectivity index (χ0) is 18.0. The van der Waals surface area contributed by atoms with Gasteiger partial charge in [0.15, 0.2) is 0 Å². The van der Waals surface area contributed by atoms with E-state index in [2.05, 4.69) is 19.9 Å². The van der Waals surface area contributed by atoms with Gasteiger partial charge in [0.25, 0.3) is 0 Å². The van der Waals surface area contributed by atoms with Crippen molar-refractivity contribution >= 4 is 11.6 Å². The summed E-state index contributed by atoms with van der Waals surface area (Å²) < 4.78 is 10.5. The molecular formula is C17H23N5O3. The van der Waals surface area contributed by atoms with Crippen LogP contribution in [0.5, 0.6) is 0 Å². The van der Waals surface area contributed by atoms with Crippen molar-refractivity contribution in [1.82, 2.24) is 20.2 Å². The zero-order valence-electron chi connectivity index (χ0n) is 15.0. The van der Waals surface area contributed by atoms with Gasteiger partial charge in [-0.05, 0) is 26.0 Å². The van der Waals surface area contributed by atoms with Crippen LogP contribution in [0.3, 0.4) is 0 Å². The molecule has 0 spiro atoms. The molecule has 0 saturated carbocycles. The van der Waals surface area contributed by atoms with Crippen LogP contribution in [0.15, 0.2) is 16.8 Å². The summed E-state index contributed by atoms with van der Waals surface area (Å²) in [7, 11) is 3.98. The summed E-state index contributed by atoms with van der Waals surface area (Å²) in [6.07, 6.45) is -0.0421. The molecule has 1 aliphatic heterocycles. The number of aromatic nitrogens is 3. The minimum Gasteiger partial charge on any atom is -0.378 e. The van der Waals surface area contributed by atoms with Gasteiger partial charge in [-0.2, -0.15) is 0 Å². The first-order chi connectivity index (χ1) is 11.9. The predicted octanol–water partition coefficient (Wildman–Crippen LogP) is 1.29. The third kappa shape index (κ3) is 3.96. The lowest BCUT2D eigenvalue weighted by atomic mass is 10.1. The van der Waals surface area contributed by atoms with Gasteiger partial charge in [-0.25, -0.2) is 4.63 Å². The first-order valence-electron chi connectivity index (χ1n) is 8.27. The molecule has 0 unspecified atom stereocenters. The Morgan fingerprint density at radius 1 is 1.32 bits per heavy atom. The highest BCUT2D eigenvalue weighted by Crippen LogP contribution is 2.25. The summed E-state index contributed by atoms with van der Waals surface area (Å²) in [5.41, 5.74) is 4.07. The maximum absolute atomic E-state index is 12.6. The van der Waals surface area contributed by atoms with Crippen molar-refractivity contribution in [2.45, 2.75) is 26.4 Å². The second kappa shape index (κ2) is 7.18. The number of ether oxygens (including phenoxy) is 1. The monoisotopic (exact) mass is 345 g/mol. The molecule has 134 valence electrons. The van der Waals surface area contributed by atoms with Crippen molar-refractivity contribution in [3.05, 3.63) is 34.9 Å². The molecule has 25 heavy (non-hydrogen) atoms. The molecule has 0 radical (unpaired) electrons. The number of aryl methyl sites for hydroxylation is 2. The first kappa shape index (κ1) is 17.3. The van der Waals surface area contributed by atoms with Gasteiger partial charge < -0.3 is 14.5 Å². The number of carbonyl (C=O) groups excluding carboxylic acids is 1. The van der Waals surface area contributed by atoms with E-state index < -0.39 is 0 Å². The Labute approximate surface area is 146 Å². The largest absolute Gasteiger partial charge is 0.378 e. The summed E-state index contributed by atoms with van der Waals surface area (Å²) in [6, 6.07) is 4.03. The lowest BCUT2D eigenvalue weighted by Gasteiger charge is -2.33. The van der Waals surface area contributed by atoms with Crippen molar-refractivity contribution in [2.24, 2.45) is 0 Å². The Morgan fingerprint density at radius 3 is 2.80 bits per heavy atom. The average molecular weight is 345 g/mol. The number of anilines is 1. The van der Waals surface area contributed by atoms with Crippen molar-refractivity contribution in [3.8, 4) is 0 Å². The van der Waals surface area contributed by atoms with E-state index >= 15 is 0 Å². The Morgan fingerprint density at radius 2 is 2.12 bits per heavy atom. The lowest BCUT2D eigenvalue weighted by molar-refractivity contribution is -0.138. The highest BCUT2D eigenvalue weighted by atomic mass is 16.6. The van der Waals surface area contributed by atoms with E-state index in [9.17, 15) is 4.79 Å². The summed E-state index contributed by atoms with van der Waals surface area (Å²) in [4.78, 5) is 21.0. The van der Waals surface area contributed by atoms with Gasteiger partial charge in [0.1, 0.15) is 17.5 Å². The highest BCUT2D eigenvalue weighted by molar-refractivity contribution is 5.78. The molecule has 0 aliphatic carbocycles. The average Bonchev–Trinajstić information content (AvgIpc) is 2.99. The molecule has 0 N–H and O–H groups in total. The third-order valence-corrected chi connectivity index (χ3v) is 4.29. The number of morpholine rings is 1. The molecule has 2 aromatic heterocycles. The highest BCUT2D eigenvalue weighted by Gasteiger charge is 2.27. The molecule has 1 saturated heterocycles. The molecule has 1 aliphatic rings. The first-order valence-corrected chi connectivity index (χ1v) is 8.27. The summed E-state index contributed by atoms with van der Waals surface area (Å²) in [5, 5.41) is 7.50. The second-order valence-electron chi connectivity index (χ2n) is 6.46. The summed E-state index contributed by atoms with van der Waals surface area (Å²) in [5.74, 6) is -0.00686. The predicted molar refractivity (Wildman–Crippen MR) is 91.3 cm³/mol. The number of nitrogens with zero attached hydrogens (tertiary/aromatic N) is 5. The van der Waals surface area contributed by atoms with Gasteiger partial charge in [-0.15, -0.1) is 0 Å². The van der Waals surface area contributed by atoms with E-state index in [0.717, 1.165) is 17.1 Å². The van der Waals surface area contributed by atoms with Gasteiger partial charge in [0.2, 0.25) is 5.91 Å². The van der Waals surface area contributed by atoms with E-state index in [1.807, 2.05) is 38.1 Å². The SMILES string of the molecule is Cc1cc(N(C)C)cc([C@@H]2CN(C(=O)Cc3nonc3C)CCO2)n1. The van der Waals surface area contributed by atoms with Crippen molar-refractivity contribution < 1.29 is 14.2 Å². The molecule has 8 nitrogen and oxygen atoms in total. The molecule has 3 heterocycles. The van der Waals surface area contributed by atoms with E-state index in [1.165, 1.54) is 0 Å². The minimum absolute atomic E-state index is 0.00686. The van der Waals surface area contributed by atoms with Gasteiger partial charge in [-0.3, -0.25) is 9.78 Å². The van der Waals surface area contributed by atoms with Crippen molar-refractivity contribution in [2.75, 3.05) is 38.7 Å². The number of amides is 1. The van der Waals surface area contributed by atoms with Gasteiger partial charge in [0.05, 0.1) is 25.3 Å². The molecule has 3 rings (SSSR count). The standard InChI is InChI=1S/C17H23N5O3/c1-11-7-13(21(3)4)8-15(18-11)16-10-22(5-6-24-16)17(23)9-14-12(2)19-25-20-14/h7-8,16H,5-6,9-10H2,1-4H3/t16-/m0/s1. The van der Waals surface area contributed by atoms with Gasteiger partial charge in [-0.1, -0.05) is 10.3 Å². The van der Waals surface area contributed by atoms with Crippen LogP contribution in [0.2, 0.25) is 0 Å². The fraction of sp³-hybridized carbons (Fsp3) is 0.529. The normalized spacial score (nSPS) is 17.6. The lowest BCUT2D eigenvalue weighted by Crippen LogP contribution is -2.43. The molecule has 2 aromatic rings. The number of hydrogen-bond acceptors (Lipinski definition) is 7. The van der Waals surface area contributed by atoms with E-state index in [0.29, 0.717) is 31.1 Å². The Balaban J connectivity index is 1.73. The molecular weight excluding hydrogens is 322 g/mol. The number of hydrogen-bond donors (Lipinski definition) is 0. The zero-order valence-corrected chi connectivity index (χ0v) is 15.0. The fourth-order valence-electron chi connectivity index (χ4n) is 2.82. The van der Waals surface area contributed by atoms with Crippen molar-refractivity contribution in [1.29, 1.82) is 0 Å². The van der Waals surface area contributed by atoms with Crippen LogP contribution in [-0.4, -0.2) is 59.9 Å². The van der Waals surface area contributed by atoms with Gasteiger partial charge in [0, 0.05) is 32.0 Å². The Bertz CT molecular complexity index is 758. The van der Waals surface area contributed by atoms with E-state index in [1.54, 1.807) is 11.8 Å². The van der Waals surface area contributed by atoms with Crippen LogP contribution in [0.1, 0.15) is 28.9 Å². The number of pyridine rings is 1. The maximum Gasteiger partial charge on any atom is 0.228 e. The molecule has 8 heteroatoms. The van der Waals surface area contributed by atoms with Gasteiger partial charge >= 0.3 is 0 Å². The van der Waals surface area contributed by atoms with E-state index in [-0.39, 0.29) is 18.4 Å². The minimum atomic E-state index is -0.229. The Kier molecular flexibility index (Phi) is 4.98. The second-order valence-corrected chi connectivity index (χ2v) is 6.46. The van der Waals surface area contributed by atoms with Crippen LogP contribution in [0, 0.1) is 13.8 Å². The van der Waals surface area contributed by atoms with Crippen LogP contribution in [-0.2, 0) is 16.0 Å². The summed E-state index contributed by atoms with van der Waals surface area (Å²) in [6.45, 7) is 5.27. The van der Waals surface area contributed by atoms with Crippen LogP contribution < -0.4 is 4.90 Å². The quantitative estimate of drug-likeness (QED) is 0.825. The number of rotatable bonds is 4. The van der Waals surface area contributed by atoms with Crippen LogP contribution >= 0.6 is 0 Å². The molecule has 1 fully saturated rings. The third-order valence-electron chi connectivity index (χ3n) is 4.29. The Hall–Kier alpha value is -2.48. The fourth-order valence-corrected chi connectivity index (χ4v) is 2.82. The molecule has 0 bridgehead atoms. The van der Waals surface area contributed by atoms with Crippen molar-refractivity contribution in [3.63, 3.8) is 0 Å². The summed E-state index contributed by atoms with van der Waals surface area (Å²) >= 11 is 0. The number of carbonyl (C=O) groups is 1. The molecule has 1 atom stereocenters. The molecule has 0 aromatic carbocycles. The molecule has 1 amide bonds. The van der Waals surface area contributed by atoms with Crippen LogP contribution in [0.25, 0.3) is 0 Å². The maximum atomic E-state index is 12.6. The smallest absolute Gasteiger partial charge is 0.228 e. The van der Waals surface area contributed by atoms with Crippen LogP contribution in [0.4, 0.5) is 5.69 Å².